The molecule has 2 amide bonds. The second kappa shape index (κ2) is 12.9. The molecule has 40 heavy (non-hydrogen) atoms. The predicted octanol–water partition coefficient (Wildman–Crippen LogP) is 3.52. The van der Waals surface area contributed by atoms with Crippen molar-refractivity contribution in [3.8, 4) is 6.07 Å². The number of nitrogens with one attached hydrogen (secondary N) is 1. The van der Waals surface area contributed by atoms with Gasteiger partial charge in [0.2, 0.25) is 5.91 Å². The summed E-state index contributed by atoms with van der Waals surface area (Å²) in [6.45, 7) is 15.1. The highest BCUT2D eigenvalue weighted by molar-refractivity contribution is 8.02. The number of carbonyl (C=O) groups excluding carboxylic acids is 2. The van der Waals surface area contributed by atoms with E-state index in [0.29, 0.717) is 50.5 Å². The predicted molar refractivity (Wildman–Crippen MR) is 161 cm³/mol. The Morgan fingerprint density at radius 3 is 2.45 bits per heavy atom. The van der Waals surface area contributed by atoms with E-state index < -0.39 is 6.04 Å². The van der Waals surface area contributed by atoms with Crippen LogP contribution < -0.4 is 11.1 Å². The molecule has 1 aromatic rings. The Hall–Kier alpha value is -2.61. The summed E-state index contributed by atoms with van der Waals surface area (Å²) in [5, 5.41) is 18.0. The molecule has 0 radical (unpaired) electrons. The van der Waals surface area contributed by atoms with Crippen LogP contribution in [0.25, 0.3) is 0 Å². The van der Waals surface area contributed by atoms with Gasteiger partial charge < -0.3 is 20.7 Å². The molecule has 3 N–H and O–H groups in total. The number of likely N-dealkylation sites (N-methyl/N-ethyl adjacent to an activating group) is 1. The minimum atomic E-state index is -0.441. The number of benzene rings is 1. The van der Waals surface area contributed by atoms with Gasteiger partial charge in [0.05, 0.1) is 24.8 Å². The van der Waals surface area contributed by atoms with Gasteiger partial charge in [-0.15, -0.1) is 11.8 Å². The van der Waals surface area contributed by atoms with Crippen molar-refractivity contribution < 1.29 is 14.3 Å². The molecular formula is C30H46N6O3S. The molecule has 1 saturated heterocycles. The van der Waals surface area contributed by atoms with Gasteiger partial charge in [-0.3, -0.25) is 14.6 Å². The van der Waals surface area contributed by atoms with Crippen molar-refractivity contribution >= 4 is 29.3 Å². The first-order valence-electron chi connectivity index (χ1n) is 14.3. The standard InChI is InChI=1S/C28H40N6O3S.C2H6/c1-26(2,30)17-37-18-27(3,4)38-28(11-12-28)16-34-13-10-21-22(32-33(5)23(21)25(34)36)24(35)31-15-20-8-6-19(14-29)7-9-20;1-2/h6-9,21,23H,10-13,15-18,30H2,1-5H3,(H,31,35);1-2H3. The maximum atomic E-state index is 13.6. The Balaban J connectivity index is 0.00000216. The summed E-state index contributed by atoms with van der Waals surface area (Å²) in [4.78, 5) is 28.6. The minimum Gasteiger partial charge on any atom is -0.378 e. The van der Waals surface area contributed by atoms with E-state index >= 15 is 0 Å². The van der Waals surface area contributed by atoms with E-state index in [1.54, 1.807) is 24.2 Å². The number of amides is 2. The summed E-state index contributed by atoms with van der Waals surface area (Å²) in [7, 11) is 1.78. The van der Waals surface area contributed by atoms with Gasteiger partial charge in [-0.2, -0.15) is 10.4 Å². The first-order valence-corrected chi connectivity index (χ1v) is 15.1. The molecule has 0 bridgehead atoms. The van der Waals surface area contributed by atoms with Crippen LogP contribution in [0.4, 0.5) is 0 Å². The molecule has 2 atom stereocenters. The van der Waals surface area contributed by atoms with Crippen LogP contribution in [0, 0.1) is 17.2 Å². The fourth-order valence-electron chi connectivity index (χ4n) is 5.23. The van der Waals surface area contributed by atoms with Crippen molar-refractivity contribution in [2.75, 3.05) is 33.4 Å². The molecule has 1 aliphatic carbocycles. The number of nitrogens with two attached hydrogens (primary N) is 1. The van der Waals surface area contributed by atoms with Crippen LogP contribution in [0.1, 0.15) is 71.9 Å². The number of fused-ring (bicyclic) bond motifs is 1. The molecule has 10 heteroatoms. The van der Waals surface area contributed by atoms with Gasteiger partial charge in [0.15, 0.2) is 0 Å². The molecule has 0 spiro atoms. The maximum Gasteiger partial charge on any atom is 0.268 e. The van der Waals surface area contributed by atoms with Gasteiger partial charge in [0.1, 0.15) is 11.8 Å². The Labute approximate surface area is 243 Å². The van der Waals surface area contributed by atoms with Gasteiger partial charge in [0.25, 0.3) is 5.91 Å². The van der Waals surface area contributed by atoms with E-state index in [1.807, 2.05) is 56.5 Å². The number of hydrogen-bond donors (Lipinski definition) is 2. The number of hydrazone groups is 1. The first-order chi connectivity index (χ1) is 18.8. The Morgan fingerprint density at radius 2 is 1.88 bits per heavy atom. The lowest BCUT2D eigenvalue weighted by Gasteiger charge is -2.39. The molecule has 2 unspecified atom stereocenters. The normalized spacial score (nSPS) is 21.6. The second-order valence-corrected chi connectivity index (χ2v) is 14.4. The molecule has 2 fully saturated rings. The number of ether oxygens (including phenoxy) is 1. The lowest BCUT2D eigenvalue weighted by molar-refractivity contribution is -0.140. The lowest BCUT2D eigenvalue weighted by atomic mass is 9.87. The number of nitriles is 1. The van der Waals surface area contributed by atoms with Crippen LogP contribution in [0.2, 0.25) is 0 Å². The van der Waals surface area contributed by atoms with E-state index in [9.17, 15) is 9.59 Å². The SMILES string of the molecule is CC.CN1N=C(C(=O)NCc2ccc(C#N)cc2)C2CCN(CC3(SC(C)(C)COCC(C)(C)N)CC3)C(=O)C21. The van der Waals surface area contributed by atoms with E-state index in [2.05, 4.69) is 30.3 Å². The summed E-state index contributed by atoms with van der Waals surface area (Å²) in [6.07, 6.45) is 2.87. The summed E-state index contributed by atoms with van der Waals surface area (Å²) in [6, 6.07) is 8.75. The van der Waals surface area contributed by atoms with Gasteiger partial charge in [0, 0.05) is 47.6 Å². The Morgan fingerprint density at radius 1 is 1.23 bits per heavy atom. The van der Waals surface area contributed by atoms with Crippen molar-refractivity contribution in [2.24, 2.45) is 16.8 Å². The number of rotatable bonds is 11. The molecule has 1 aromatic carbocycles. The first kappa shape index (κ1) is 31.9. The number of hydrogen-bond acceptors (Lipinski definition) is 8. The number of carbonyl (C=O) groups is 2. The summed E-state index contributed by atoms with van der Waals surface area (Å²) >= 11 is 1.92. The van der Waals surface area contributed by atoms with E-state index in [-0.39, 0.29) is 32.8 Å². The second-order valence-electron chi connectivity index (χ2n) is 12.2. The van der Waals surface area contributed by atoms with Gasteiger partial charge in [-0.25, -0.2) is 0 Å². The van der Waals surface area contributed by atoms with Gasteiger partial charge >= 0.3 is 0 Å². The van der Waals surface area contributed by atoms with Crippen molar-refractivity contribution in [1.82, 2.24) is 15.2 Å². The molecule has 2 aliphatic heterocycles. The quantitative estimate of drug-likeness (QED) is 0.417. The van der Waals surface area contributed by atoms with Crippen molar-refractivity contribution in [1.29, 1.82) is 5.26 Å². The Bertz CT molecular complexity index is 1120. The highest BCUT2D eigenvalue weighted by Crippen LogP contribution is 2.54. The highest BCUT2D eigenvalue weighted by atomic mass is 32.2. The van der Waals surface area contributed by atoms with E-state index in [4.69, 9.17) is 15.7 Å². The highest BCUT2D eigenvalue weighted by Gasteiger charge is 2.53. The van der Waals surface area contributed by atoms with Crippen LogP contribution in [0.5, 0.6) is 0 Å². The molecule has 220 valence electrons. The Kier molecular flexibility index (Phi) is 10.3. The average molecular weight is 571 g/mol. The monoisotopic (exact) mass is 570 g/mol. The summed E-state index contributed by atoms with van der Waals surface area (Å²) in [5.74, 6) is -0.406. The third-order valence-corrected chi connectivity index (χ3v) is 8.79. The van der Waals surface area contributed by atoms with Crippen molar-refractivity contribution in [3.63, 3.8) is 0 Å². The zero-order valence-electron chi connectivity index (χ0n) is 25.1. The fourth-order valence-corrected chi connectivity index (χ4v) is 7.07. The van der Waals surface area contributed by atoms with Gasteiger partial charge in [-0.05, 0) is 64.7 Å². The fraction of sp³-hybridized carbons (Fsp3) is 0.667. The summed E-state index contributed by atoms with van der Waals surface area (Å²) in [5.41, 5.74) is 7.60. The van der Waals surface area contributed by atoms with Crippen LogP contribution in [0.3, 0.4) is 0 Å². The van der Waals surface area contributed by atoms with E-state index in [1.165, 1.54) is 0 Å². The molecule has 3 aliphatic rings. The third-order valence-electron chi connectivity index (χ3n) is 7.15. The van der Waals surface area contributed by atoms with Crippen LogP contribution in [0.15, 0.2) is 29.4 Å². The number of nitrogens with zero attached hydrogens (tertiary/aromatic N) is 4. The van der Waals surface area contributed by atoms with Crippen LogP contribution >= 0.6 is 11.8 Å². The zero-order chi connectivity index (χ0) is 29.7. The van der Waals surface area contributed by atoms with Crippen LogP contribution in [-0.2, 0) is 20.9 Å². The topological polar surface area (TPSA) is 124 Å². The molecule has 1 saturated carbocycles. The minimum absolute atomic E-state index is 0.0485. The maximum absolute atomic E-state index is 13.6. The number of thioether (sulfide) groups is 1. The van der Waals surface area contributed by atoms with Crippen molar-refractivity contribution in [2.45, 2.75) is 88.4 Å². The molecule has 0 aromatic heterocycles. The molecule has 2 heterocycles. The van der Waals surface area contributed by atoms with E-state index in [0.717, 1.165) is 18.4 Å². The third kappa shape index (κ3) is 8.21. The molecular weight excluding hydrogens is 524 g/mol. The van der Waals surface area contributed by atoms with Crippen molar-refractivity contribution in [3.05, 3.63) is 35.4 Å². The number of piperidine rings is 1. The van der Waals surface area contributed by atoms with Crippen LogP contribution in [-0.4, -0.2) is 81.9 Å². The number of likely N-dealkylation sites (tertiary alicyclic amines) is 1. The van der Waals surface area contributed by atoms with Gasteiger partial charge in [-0.1, -0.05) is 26.0 Å². The average Bonchev–Trinajstić information content (AvgIpc) is 3.55. The smallest absolute Gasteiger partial charge is 0.268 e. The molecule has 9 nitrogen and oxygen atoms in total. The largest absolute Gasteiger partial charge is 0.378 e. The zero-order valence-corrected chi connectivity index (χ0v) is 25.9. The molecule has 4 rings (SSSR count). The summed E-state index contributed by atoms with van der Waals surface area (Å²) < 4.78 is 5.87. The lowest BCUT2D eigenvalue weighted by Crippen LogP contribution is -2.55.